The number of nitrogens with one attached hydrogen (secondary N) is 1. The topological polar surface area (TPSA) is 91.2 Å². The lowest BCUT2D eigenvalue weighted by Gasteiger charge is -2.36. The van der Waals surface area contributed by atoms with Gasteiger partial charge in [-0.1, -0.05) is 6.07 Å². The van der Waals surface area contributed by atoms with Gasteiger partial charge in [-0.15, -0.1) is 11.3 Å². The molecule has 0 unspecified atom stereocenters. The first-order valence-electron chi connectivity index (χ1n) is 9.00. The number of rotatable bonds is 5. The normalized spacial score (nSPS) is 20.0. The van der Waals surface area contributed by atoms with Crippen molar-refractivity contribution in [3.05, 3.63) is 47.9 Å². The summed E-state index contributed by atoms with van der Waals surface area (Å²) in [6.45, 7) is 1.64. The molecule has 0 aromatic carbocycles. The van der Waals surface area contributed by atoms with E-state index in [2.05, 4.69) is 25.2 Å². The first kappa shape index (κ1) is 17.8. The summed E-state index contributed by atoms with van der Waals surface area (Å²) in [4.78, 5) is 28.4. The highest BCUT2D eigenvalue weighted by Crippen LogP contribution is 2.30. The Hall–Kier alpha value is -2.58. The molecule has 1 aliphatic heterocycles. The van der Waals surface area contributed by atoms with Crippen LogP contribution in [-0.4, -0.2) is 51.7 Å². The molecule has 2 atom stereocenters. The van der Waals surface area contributed by atoms with Crippen LogP contribution < -0.4 is 10.2 Å². The third kappa shape index (κ3) is 3.91. The molecule has 2 N–H and O–H groups in total. The average molecular weight is 383 g/mol. The fourth-order valence-electron chi connectivity index (χ4n) is 3.43. The maximum absolute atomic E-state index is 12.6. The lowest BCUT2D eigenvalue weighted by Crippen LogP contribution is -2.50. The van der Waals surface area contributed by atoms with Crippen molar-refractivity contribution >= 4 is 33.3 Å². The second-order valence-corrected chi connectivity index (χ2v) is 7.54. The number of amides is 1. The summed E-state index contributed by atoms with van der Waals surface area (Å²) >= 11 is 1.57. The molecular formula is C19H21N5O2S. The lowest BCUT2D eigenvalue weighted by atomic mass is 9.93. The Morgan fingerprint density at radius 1 is 1.37 bits per heavy atom. The molecule has 4 rings (SSSR count). The van der Waals surface area contributed by atoms with Gasteiger partial charge in [-0.05, 0) is 35.9 Å². The Bertz CT molecular complexity index is 917. The Balaban J connectivity index is 1.41. The molecule has 1 fully saturated rings. The maximum Gasteiger partial charge on any atom is 0.227 e. The Morgan fingerprint density at radius 3 is 3.15 bits per heavy atom. The van der Waals surface area contributed by atoms with Crippen LogP contribution in [0, 0.1) is 5.92 Å². The highest BCUT2D eigenvalue weighted by atomic mass is 32.1. The minimum atomic E-state index is -0.639. The molecule has 1 amide bonds. The molecule has 3 aromatic rings. The third-order valence-electron chi connectivity index (χ3n) is 4.89. The van der Waals surface area contributed by atoms with E-state index in [1.165, 1.54) is 0 Å². The van der Waals surface area contributed by atoms with E-state index in [4.69, 9.17) is 0 Å². The molecule has 4 heterocycles. The van der Waals surface area contributed by atoms with Crippen LogP contribution in [0.4, 0.5) is 5.82 Å². The second-order valence-electron chi connectivity index (χ2n) is 6.65. The van der Waals surface area contributed by atoms with Gasteiger partial charge in [0, 0.05) is 32.0 Å². The molecule has 1 saturated heterocycles. The van der Waals surface area contributed by atoms with Crippen LogP contribution in [0.1, 0.15) is 12.0 Å². The van der Waals surface area contributed by atoms with E-state index in [-0.39, 0.29) is 5.91 Å². The number of carbonyl (C=O) groups is 1. The van der Waals surface area contributed by atoms with Gasteiger partial charge in [-0.25, -0.2) is 9.97 Å². The van der Waals surface area contributed by atoms with Crippen LogP contribution >= 0.6 is 11.3 Å². The molecule has 27 heavy (non-hydrogen) atoms. The molecule has 0 radical (unpaired) electrons. The largest absolute Gasteiger partial charge is 0.392 e. The number of aliphatic hydroxyl groups excluding tert-OH is 1. The van der Waals surface area contributed by atoms with Gasteiger partial charge >= 0.3 is 0 Å². The highest BCUT2D eigenvalue weighted by Gasteiger charge is 2.34. The standard InChI is InChI=1S/C19H21N5O2S/c25-16-4-8-24(17-14-5-9-27-19(14)23-12-22-17)11-15(16)18(26)21-7-3-13-2-1-6-20-10-13/h1-2,5-6,9-10,12,15-16,25H,3-4,7-8,11H2,(H,21,26)/t15-,16+/m0/s1. The van der Waals surface area contributed by atoms with Gasteiger partial charge in [0.15, 0.2) is 0 Å². The van der Waals surface area contributed by atoms with E-state index in [0.29, 0.717) is 32.5 Å². The van der Waals surface area contributed by atoms with Gasteiger partial charge in [-0.3, -0.25) is 9.78 Å². The molecule has 0 spiro atoms. The number of hydrogen-bond acceptors (Lipinski definition) is 7. The van der Waals surface area contributed by atoms with Crippen LogP contribution in [0.2, 0.25) is 0 Å². The van der Waals surface area contributed by atoms with Gasteiger partial charge in [0.2, 0.25) is 5.91 Å². The Morgan fingerprint density at radius 2 is 2.30 bits per heavy atom. The van der Waals surface area contributed by atoms with Crippen molar-refractivity contribution in [2.45, 2.75) is 18.9 Å². The molecule has 0 saturated carbocycles. The summed E-state index contributed by atoms with van der Waals surface area (Å²) in [6.07, 6.45) is 5.70. The van der Waals surface area contributed by atoms with Crippen molar-refractivity contribution in [3.8, 4) is 0 Å². The smallest absolute Gasteiger partial charge is 0.227 e. The van der Waals surface area contributed by atoms with Crippen LogP contribution in [0.3, 0.4) is 0 Å². The second kappa shape index (κ2) is 7.98. The quantitative estimate of drug-likeness (QED) is 0.696. The molecule has 140 valence electrons. The van der Waals surface area contributed by atoms with Crippen LogP contribution in [0.15, 0.2) is 42.3 Å². The molecule has 0 bridgehead atoms. The van der Waals surface area contributed by atoms with E-state index >= 15 is 0 Å². The summed E-state index contributed by atoms with van der Waals surface area (Å²) in [5, 5.41) is 16.3. The monoisotopic (exact) mass is 383 g/mol. The van der Waals surface area contributed by atoms with Crippen molar-refractivity contribution in [1.29, 1.82) is 0 Å². The number of aliphatic hydroxyl groups is 1. The molecule has 3 aromatic heterocycles. The molecule has 7 nitrogen and oxygen atoms in total. The predicted octanol–water partition coefficient (Wildman–Crippen LogP) is 1.63. The minimum absolute atomic E-state index is 0.119. The third-order valence-corrected chi connectivity index (χ3v) is 5.71. The zero-order chi connectivity index (χ0) is 18.6. The number of piperidine rings is 1. The summed E-state index contributed by atoms with van der Waals surface area (Å²) < 4.78 is 0. The Kier molecular flexibility index (Phi) is 5.26. The zero-order valence-corrected chi connectivity index (χ0v) is 15.6. The average Bonchev–Trinajstić information content (AvgIpc) is 3.18. The number of carbonyl (C=O) groups excluding carboxylic acids is 1. The Labute approximate surface area is 161 Å². The minimum Gasteiger partial charge on any atom is -0.392 e. The number of hydrogen-bond donors (Lipinski definition) is 2. The van der Waals surface area contributed by atoms with Crippen molar-refractivity contribution in [2.75, 3.05) is 24.5 Å². The van der Waals surface area contributed by atoms with Crippen LogP contribution in [-0.2, 0) is 11.2 Å². The van der Waals surface area contributed by atoms with E-state index < -0.39 is 12.0 Å². The fourth-order valence-corrected chi connectivity index (χ4v) is 4.15. The number of pyridine rings is 1. The van der Waals surface area contributed by atoms with Crippen molar-refractivity contribution < 1.29 is 9.90 Å². The number of aromatic nitrogens is 3. The van der Waals surface area contributed by atoms with Crippen molar-refractivity contribution in [3.63, 3.8) is 0 Å². The first-order valence-corrected chi connectivity index (χ1v) is 9.88. The molecule has 0 aliphatic carbocycles. The maximum atomic E-state index is 12.6. The van der Waals surface area contributed by atoms with E-state index in [1.807, 2.05) is 23.6 Å². The summed E-state index contributed by atoms with van der Waals surface area (Å²) in [7, 11) is 0. The van der Waals surface area contributed by atoms with Gasteiger partial charge in [0.05, 0.1) is 17.4 Å². The van der Waals surface area contributed by atoms with Gasteiger partial charge < -0.3 is 15.3 Å². The van der Waals surface area contributed by atoms with E-state index in [1.54, 1.807) is 30.1 Å². The van der Waals surface area contributed by atoms with Gasteiger partial charge in [-0.2, -0.15) is 0 Å². The number of thiophene rings is 1. The summed E-state index contributed by atoms with van der Waals surface area (Å²) in [5.74, 6) is 0.240. The van der Waals surface area contributed by atoms with Gasteiger partial charge in [0.1, 0.15) is 17.0 Å². The van der Waals surface area contributed by atoms with E-state index in [0.717, 1.165) is 21.6 Å². The summed E-state index contributed by atoms with van der Waals surface area (Å²) in [5.41, 5.74) is 1.07. The molecular weight excluding hydrogens is 362 g/mol. The number of fused-ring (bicyclic) bond motifs is 1. The van der Waals surface area contributed by atoms with Crippen molar-refractivity contribution in [1.82, 2.24) is 20.3 Å². The highest BCUT2D eigenvalue weighted by molar-refractivity contribution is 7.16. The lowest BCUT2D eigenvalue weighted by molar-refractivity contribution is -0.128. The van der Waals surface area contributed by atoms with Crippen LogP contribution in [0.25, 0.3) is 10.2 Å². The zero-order valence-electron chi connectivity index (χ0n) is 14.8. The first-order chi connectivity index (χ1) is 13.2. The predicted molar refractivity (Wildman–Crippen MR) is 105 cm³/mol. The van der Waals surface area contributed by atoms with Gasteiger partial charge in [0.25, 0.3) is 0 Å². The summed E-state index contributed by atoms with van der Waals surface area (Å²) in [6, 6.07) is 5.87. The number of nitrogens with zero attached hydrogens (tertiary/aromatic N) is 4. The number of anilines is 1. The van der Waals surface area contributed by atoms with Crippen molar-refractivity contribution in [2.24, 2.45) is 5.92 Å². The fraction of sp³-hybridized carbons (Fsp3) is 0.368. The molecule has 8 heteroatoms. The van der Waals surface area contributed by atoms with Crippen LogP contribution in [0.5, 0.6) is 0 Å². The van der Waals surface area contributed by atoms with E-state index in [9.17, 15) is 9.90 Å². The SMILES string of the molecule is O=C(NCCc1cccnc1)[C@H]1CN(c2ncnc3sccc23)CC[C@H]1O. The molecule has 1 aliphatic rings.